The fraction of sp³-hybridized carbons (Fsp3) is 0.326. The summed E-state index contributed by atoms with van der Waals surface area (Å²) in [5.41, 5.74) is 8.00. The van der Waals surface area contributed by atoms with Crippen molar-refractivity contribution in [3.8, 4) is 33.9 Å². The molecule has 6 heterocycles. The fourth-order valence-corrected chi connectivity index (χ4v) is 16.7. The van der Waals surface area contributed by atoms with Crippen LogP contribution in [0.4, 0.5) is 38.5 Å². The Balaban J connectivity index is 0.000000213. The molecule has 113 heavy (non-hydrogen) atoms. The first kappa shape index (κ1) is 88.9. The quantitative estimate of drug-likeness (QED) is 0.0815. The first-order valence-corrected chi connectivity index (χ1v) is 39.3. The SMILES string of the molecule is C.C.C.[C-]#[N+]c1c(N2CCCC[C@@H]2C)c2cc(Cl)c(Br)cc2n(-c2ccccc2C(C)C)c1=O.[C-]#[N+]c1c(N2CCN(C(=O)C=C)C[C@@H]2C)c2cc(Cl)c(-c3c(OC)ccc(Cl)c3F)cc2n(-c2ccccc2C(C)C)c1=O.[C-]#[N+]c1c(N2CCN(C(=O)C=C)C[C@@H]2C)c2cc(Cl)c(Br)cc2n(-c2ccccc2C(C)C)c1=O. The van der Waals surface area contributed by atoms with Crippen LogP contribution in [0.3, 0.4) is 0 Å². The lowest BCUT2D eigenvalue weighted by Gasteiger charge is -2.42. The highest BCUT2D eigenvalue weighted by Gasteiger charge is 2.36. The van der Waals surface area contributed by atoms with Gasteiger partial charge in [0.2, 0.25) is 11.8 Å². The number of carbonyl (C=O) groups is 2. The molecule has 2 amide bonds. The number of piperidine rings is 1. The van der Waals surface area contributed by atoms with Gasteiger partial charge in [-0.3, -0.25) is 37.7 Å². The van der Waals surface area contributed by atoms with E-state index in [9.17, 15) is 24.0 Å². The molecule has 0 aliphatic carbocycles. The second kappa shape index (κ2) is 37.5. The molecule has 17 nitrogen and oxygen atoms in total. The maximum absolute atomic E-state index is 15.6. The molecule has 13 rings (SSSR count). The summed E-state index contributed by atoms with van der Waals surface area (Å²) >= 11 is 33.2. The molecule has 0 radical (unpaired) electrons. The third kappa shape index (κ3) is 17.1. The lowest BCUT2D eigenvalue weighted by molar-refractivity contribution is -0.127. The van der Waals surface area contributed by atoms with Crippen molar-refractivity contribution in [3.05, 3.63) is 263 Å². The van der Waals surface area contributed by atoms with Crippen molar-refractivity contribution in [2.75, 3.05) is 67.6 Å². The molecule has 0 saturated carbocycles. The van der Waals surface area contributed by atoms with Crippen molar-refractivity contribution in [3.63, 3.8) is 0 Å². The van der Waals surface area contributed by atoms with E-state index in [4.69, 9.17) is 70.9 Å². The largest absolute Gasteiger partial charge is 0.496 e. The summed E-state index contributed by atoms with van der Waals surface area (Å²) < 4.78 is 27.3. The molecule has 3 saturated heterocycles. The number of piperazine rings is 2. The molecule has 0 bridgehead atoms. The second-order valence-electron chi connectivity index (χ2n) is 28.4. The highest BCUT2D eigenvalue weighted by atomic mass is 79.9. The van der Waals surface area contributed by atoms with Crippen molar-refractivity contribution in [1.82, 2.24) is 23.5 Å². The molecule has 3 atom stereocenters. The van der Waals surface area contributed by atoms with Crippen LogP contribution in [0.5, 0.6) is 5.75 Å². The minimum absolute atomic E-state index is 0. The molecule has 0 spiro atoms. The van der Waals surface area contributed by atoms with Crippen molar-refractivity contribution in [1.29, 1.82) is 0 Å². The Morgan fingerprint density at radius 3 is 1.19 bits per heavy atom. The van der Waals surface area contributed by atoms with E-state index in [1.807, 2.05) is 135 Å². The zero-order chi connectivity index (χ0) is 79.6. The van der Waals surface area contributed by atoms with Crippen LogP contribution in [-0.2, 0) is 9.59 Å². The monoisotopic (exact) mass is 1730 g/mol. The Morgan fingerprint density at radius 1 is 0.504 bits per heavy atom. The normalized spacial score (nSPS) is 15.4. The molecule has 0 N–H and O–H groups in total. The van der Waals surface area contributed by atoms with Gasteiger partial charge in [-0.15, -0.1) is 0 Å². The summed E-state index contributed by atoms with van der Waals surface area (Å²) in [4.78, 5) is 87.7. The molecule has 590 valence electrons. The van der Waals surface area contributed by atoms with Gasteiger partial charge in [0.05, 0.1) is 98.1 Å². The zero-order valence-corrected chi connectivity index (χ0v) is 68.9. The second-order valence-corrected chi connectivity index (χ2v) is 31.8. The van der Waals surface area contributed by atoms with Gasteiger partial charge in [-0.2, -0.15) is 0 Å². The van der Waals surface area contributed by atoms with Gasteiger partial charge in [0, 0.05) is 99.6 Å². The summed E-state index contributed by atoms with van der Waals surface area (Å²) in [7, 11) is 1.42. The minimum atomic E-state index is -0.710. The summed E-state index contributed by atoms with van der Waals surface area (Å²) in [6.07, 6.45) is 5.84. The van der Waals surface area contributed by atoms with E-state index in [0.29, 0.717) is 87.3 Å². The zero-order valence-electron chi connectivity index (χ0n) is 62.7. The number of nitrogens with zero attached hydrogens (tertiary/aromatic N) is 11. The number of hydrogen-bond acceptors (Lipinski definition) is 9. The summed E-state index contributed by atoms with van der Waals surface area (Å²) in [5.74, 6) is -0.339. The summed E-state index contributed by atoms with van der Waals surface area (Å²) in [5, 5.41) is 3.24. The molecular formula is C89H94Br2Cl4FN11O6. The van der Waals surface area contributed by atoms with E-state index in [2.05, 4.69) is 99.1 Å². The van der Waals surface area contributed by atoms with Crippen LogP contribution in [0, 0.1) is 25.5 Å². The Morgan fingerprint density at radius 2 is 0.858 bits per heavy atom. The van der Waals surface area contributed by atoms with Gasteiger partial charge < -0.3 is 29.2 Å². The van der Waals surface area contributed by atoms with Gasteiger partial charge in [-0.05, 0) is 185 Å². The molecular weight excluding hydrogens is 1640 g/mol. The van der Waals surface area contributed by atoms with Gasteiger partial charge >= 0.3 is 0 Å². The van der Waals surface area contributed by atoms with Crippen LogP contribution < -0.4 is 36.1 Å². The molecule has 0 unspecified atom stereocenters. The number of rotatable bonds is 13. The maximum atomic E-state index is 15.6. The van der Waals surface area contributed by atoms with Crippen molar-refractivity contribution >= 4 is 157 Å². The first-order chi connectivity index (χ1) is 52.6. The Hall–Kier alpha value is -9.69. The molecule has 3 aliphatic heterocycles. The number of halogens is 7. The van der Waals surface area contributed by atoms with E-state index in [1.54, 1.807) is 37.1 Å². The van der Waals surface area contributed by atoms with Gasteiger partial charge in [-0.1, -0.05) is 178 Å². The van der Waals surface area contributed by atoms with Gasteiger partial charge in [0.15, 0.2) is 5.82 Å². The number of methoxy groups -OCH3 is 1. The number of para-hydroxylation sites is 3. The van der Waals surface area contributed by atoms with Gasteiger partial charge in [0.25, 0.3) is 33.7 Å². The van der Waals surface area contributed by atoms with Crippen LogP contribution in [0.2, 0.25) is 20.1 Å². The van der Waals surface area contributed by atoms with Gasteiger partial charge in [-0.25, -0.2) is 18.9 Å². The number of amides is 2. The Kier molecular flexibility index (Phi) is 29.5. The number of aromatic nitrogens is 3. The summed E-state index contributed by atoms with van der Waals surface area (Å²) in [6, 6.07) is 36.8. The van der Waals surface area contributed by atoms with Crippen LogP contribution in [0.1, 0.15) is 138 Å². The predicted molar refractivity (Wildman–Crippen MR) is 475 cm³/mol. The summed E-state index contributed by atoms with van der Waals surface area (Å²) in [6.45, 7) is 53.1. The average Bonchev–Trinajstić information content (AvgIpc) is 0.752. The third-order valence-electron chi connectivity index (χ3n) is 20.7. The Labute approximate surface area is 698 Å². The predicted octanol–water partition coefficient (Wildman–Crippen LogP) is 23.7. The smallest absolute Gasteiger partial charge is 0.274 e. The molecule has 7 aromatic carbocycles. The molecule has 3 aliphatic rings. The van der Waals surface area contributed by atoms with E-state index >= 15 is 4.39 Å². The van der Waals surface area contributed by atoms with Crippen LogP contribution in [0.25, 0.3) is 75.4 Å². The van der Waals surface area contributed by atoms with Crippen molar-refractivity contribution < 1.29 is 18.7 Å². The van der Waals surface area contributed by atoms with Crippen LogP contribution in [-0.4, -0.2) is 106 Å². The fourth-order valence-electron chi connectivity index (χ4n) is 15.3. The average molecular weight is 1730 g/mol. The van der Waals surface area contributed by atoms with Crippen LogP contribution >= 0.6 is 78.3 Å². The molecule has 3 fully saturated rings. The standard InChI is InChI=1S/C34H31Cl2FN4O3.C27H26BrClN4O2.C25H25BrClN3O.3CH4/c1-7-29(42)39-14-15-40(20(4)18-39)33-23-16-25(36)22(30-28(44-6)13-12-24(35)31(30)37)17-27(23)41(34(43)32(33)38-5)26-11-9-8-10-21(26)19(2)3;1-6-24(34)31-11-12-32(17(4)15-31)26-19-13-21(29)20(28)14-23(19)33(27(35)25(26)30-5)22-10-8-7-9-18(22)16(2)3;1-15(2)17-10-5-6-11-21(17)30-22-14-19(26)20(27)13-18(22)24(23(28-4)25(30)31)29-12-8-7-9-16(29)3;;;/h7-13,16-17,19-20H,1,14-15,18H2,2-4,6H3;6-10,13-14,16-17H,1,11-12,15H2,2-4H3;5-6,10-11,13-16H,7-9,12H2,1-3H3;3*1H4/t20-;17-;16-;;;/m000.../s1. The molecule has 3 aromatic heterocycles. The van der Waals surface area contributed by atoms with Crippen molar-refractivity contribution in [2.45, 2.75) is 140 Å². The number of ether oxygens (including phenoxy) is 1. The van der Waals surface area contributed by atoms with Crippen LogP contribution in [0.15, 0.2) is 170 Å². The van der Waals surface area contributed by atoms with E-state index in [1.165, 1.54) is 29.9 Å². The number of fused-ring (bicyclic) bond motifs is 3. The lowest BCUT2D eigenvalue weighted by Crippen LogP contribution is -2.53. The highest BCUT2D eigenvalue weighted by Crippen LogP contribution is 2.48. The highest BCUT2D eigenvalue weighted by molar-refractivity contribution is 9.11. The van der Waals surface area contributed by atoms with Gasteiger partial charge in [0.1, 0.15) is 5.75 Å². The molecule has 24 heteroatoms. The third-order valence-corrected chi connectivity index (χ3v) is 23.7. The number of benzene rings is 7. The lowest BCUT2D eigenvalue weighted by atomic mass is 9.97. The topological polar surface area (TPSA) is 139 Å². The number of hydrogen-bond donors (Lipinski definition) is 0. The van der Waals surface area contributed by atoms with E-state index in [0.717, 1.165) is 80.3 Å². The number of pyridine rings is 3. The number of anilines is 3. The Bertz CT molecular complexity index is 5700. The van der Waals surface area contributed by atoms with E-state index in [-0.39, 0.29) is 125 Å². The maximum Gasteiger partial charge on any atom is 0.274 e. The van der Waals surface area contributed by atoms with E-state index < -0.39 is 11.4 Å². The first-order valence-electron chi connectivity index (χ1n) is 36.2. The van der Waals surface area contributed by atoms with Crippen molar-refractivity contribution in [2.24, 2.45) is 0 Å². The number of carbonyl (C=O) groups excluding carboxylic acids is 2. The minimum Gasteiger partial charge on any atom is -0.496 e. The molecule has 10 aromatic rings.